The number of hydrogen-bond donors (Lipinski definition) is 2. The lowest BCUT2D eigenvalue weighted by Crippen LogP contribution is -2.30. The van der Waals surface area contributed by atoms with E-state index in [1.807, 2.05) is 16.8 Å². The van der Waals surface area contributed by atoms with E-state index in [0.29, 0.717) is 0 Å². The fraction of sp³-hybridized carbons (Fsp3) is 0.533. The van der Waals surface area contributed by atoms with Crippen LogP contribution in [0.2, 0.25) is 0 Å². The zero-order chi connectivity index (χ0) is 15.4. The Balaban J connectivity index is 2.27. The summed E-state index contributed by atoms with van der Waals surface area (Å²) in [6.45, 7) is 7.11. The third-order valence-corrected chi connectivity index (χ3v) is 4.58. The summed E-state index contributed by atoms with van der Waals surface area (Å²) in [5, 5.41) is 4.62. The molecule has 0 saturated heterocycles. The minimum absolute atomic E-state index is 0.0618. The van der Waals surface area contributed by atoms with E-state index >= 15 is 0 Å². The number of nitrogens with zero attached hydrogens (tertiary/aromatic N) is 2. The van der Waals surface area contributed by atoms with Crippen molar-refractivity contribution in [3.05, 3.63) is 39.5 Å². The fourth-order valence-electron chi connectivity index (χ4n) is 2.42. The topological polar surface area (TPSA) is 69.0 Å². The van der Waals surface area contributed by atoms with Crippen molar-refractivity contribution in [1.29, 1.82) is 0 Å². The molecular formula is C15H23BrN4O. The van der Waals surface area contributed by atoms with Gasteiger partial charge in [0, 0.05) is 19.4 Å². The monoisotopic (exact) mass is 354 g/mol. The molecule has 0 bridgehead atoms. The van der Waals surface area contributed by atoms with Crippen LogP contribution in [0.25, 0.3) is 0 Å². The van der Waals surface area contributed by atoms with Crippen molar-refractivity contribution in [3.8, 4) is 0 Å². The van der Waals surface area contributed by atoms with Gasteiger partial charge >= 0.3 is 0 Å². The standard InChI is InChI=1S/C15H23BrN4O/c1-4-10-7-8-14(21-10)12(18-17)9-13-15(16)11(5-2)19-20(13)6-3/h7-8,12,18H,4-6,9,17H2,1-3H3. The molecule has 21 heavy (non-hydrogen) atoms. The molecule has 2 aromatic rings. The second-order valence-electron chi connectivity index (χ2n) is 4.96. The number of halogens is 1. The molecule has 0 aliphatic carbocycles. The normalized spacial score (nSPS) is 12.8. The van der Waals surface area contributed by atoms with Crippen molar-refractivity contribution < 1.29 is 4.42 Å². The van der Waals surface area contributed by atoms with Crippen LogP contribution in [-0.4, -0.2) is 9.78 Å². The third kappa shape index (κ3) is 3.39. The Labute approximate surface area is 134 Å². The van der Waals surface area contributed by atoms with Crippen molar-refractivity contribution in [2.24, 2.45) is 5.84 Å². The van der Waals surface area contributed by atoms with Crippen LogP contribution in [-0.2, 0) is 25.8 Å². The first-order valence-corrected chi connectivity index (χ1v) is 8.22. The molecule has 116 valence electrons. The van der Waals surface area contributed by atoms with Gasteiger partial charge in [0.05, 0.1) is 21.9 Å². The molecule has 0 spiro atoms. The van der Waals surface area contributed by atoms with E-state index in [-0.39, 0.29) is 6.04 Å². The highest BCUT2D eigenvalue weighted by Gasteiger charge is 2.21. The number of nitrogens with one attached hydrogen (secondary N) is 1. The predicted octanol–water partition coefficient (Wildman–Crippen LogP) is 3.13. The summed E-state index contributed by atoms with van der Waals surface area (Å²) in [6.07, 6.45) is 2.52. The smallest absolute Gasteiger partial charge is 0.122 e. The van der Waals surface area contributed by atoms with Crippen LogP contribution in [0.4, 0.5) is 0 Å². The van der Waals surface area contributed by atoms with Gasteiger partial charge in [0.2, 0.25) is 0 Å². The highest BCUT2D eigenvalue weighted by atomic mass is 79.9. The van der Waals surface area contributed by atoms with Crippen LogP contribution in [0, 0.1) is 0 Å². The number of aryl methyl sites for hydroxylation is 3. The summed E-state index contributed by atoms with van der Waals surface area (Å²) in [5.74, 6) is 7.57. The molecule has 6 heteroatoms. The maximum atomic E-state index is 5.82. The Morgan fingerprint density at radius 1 is 1.33 bits per heavy atom. The Bertz CT molecular complexity index is 591. The number of rotatable bonds is 7. The Hall–Kier alpha value is -1.11. The van der Waals surface area contributed by atoms with Gasteiger partial charge in [-0.2, -0.15) is 5.10 Å². The Morgan fingerprint density at radius 3 is 2.62 bits per heavy atom. The van der Waals surface area contributed by atoms with Gasteiger partial charge in [-0.05, 0) is 41.4 Å². The molecule has 0 aliphatic rings. The van der Waals surface area contributed by atoms with E-state index in [2.05, 4.69) is 47.2 Å². The van der Waals surface area contributed by atoms with Crippen LogP contribution >= 0.6 is 15.9 Å². The van der Waals surface area contributed by atoms with Crippen molar-refractivity contribution in [3.63, 3.8) is 0 Å². The Kier molecular flexibility index (Phi) is 5.61. The van der Waals surface area contributed by atoms with E-state index < -0.39 is 0 Å². The van der Waals surface area contributed by atoms with Gasteiger partial charge in [-0.15, -0.1) is 0 Å². The van der Waals surface area contributed by atoms with E-state index in [0.717, 1.165) is 53.2 Å². The lowest BCUT2D eigenvalue weighted by atomic mass is 10.1. The molecule has 0 aromatic carbocycles. The summed E-state index contributed by atoms with van der Waals surface area (Å²) >= 11 is 3.67. The number of nitrogens with two attached hydrogens (primary N) is 1. The van der Waals surface area contributed by atoms with E-state index in [9.17, 15) is 0 Å². The second kappa shape index (κ2) is 7.24. The van der Waals surface area contributed by atoms with Crippen molar-refractivity contribution >= 4 is 15.9 Å². The summed E-state index contributed by atoms with van der Waals surface area (Å²) in [4.78, 5) is 0. The number of aromatic nitrogens is 2. The SMILES string of the molecule is CCc1ccc(C(Cc2c(Br)c(CC)nn2CC)NN)o1. The van der Waals surface area contributed by atoms with Crippen LogP contribution in [0.5, 0.6) is 0 Å². The molecular weight excluding hydrogens is 332 g/mol. The van der Waals surface area contributed by atoms with Crippen molar-refractivity contribution in [2.75, 3.05) is 0 Å². The van der Waals surface area contributed by atoms with Crippen LogP contribution in [0.15, 0.2) is 21.0 Å². The minimum Gasteiger partial charge on any atom is -0.464 e. The molecule has 0 fully saturated rings. The van der Waals surface area contributed by atoms with Crippen LogP contribution in [0.1, 0.15) is 49.7 Å². The van der Waals surface area contributed by atoms with Crippen molar-refractivity contribution in [2.45, 2.75) is 52.6 Å². The molecule has 5 nitrogen and oxygen atoms in total. The quantitative estimate of drug-likeness (QED) is 0.591. The molecule has 2 aromatic heterocycles. The summed E-state index contributed by atoms with van der Waals surface area (Å²) in [5.41, 5.74) is 5.08. The summed E-state index contributed by atoms with van der Waals surface area (Å²) < 4.78 is 8.92. The molecule has 0 aliphatic heterocycles. The predicted molar refractivity (Wildman–Crippen MR) is 86.8 cm³/mol. The zero-order valence-corrected chi connectivity index (χ0v) is 14.4. The first-order valence-electron chi connectivity index (χ1n) is 7.43. The van der Waals surface area contributed by atoms with Gasteiger partial charge in [0.25, 0.3) is 0 Å². The van der Waals surface area contributed by atoms with Crippen LogP contribution in [0.3, 0.4) is 0 Å². The van der Waals surface area contributed by atoms with E-state index in [1.54, 1.807) is 0 Å². The highest BCUT2D eigenvalue weighted by molar-refractivity contribution is 9.10. The number of hydrazine groups is 1. The van der Waals surface area contributed by atoms with Gasteiger partial charge in [-0.25, -0.2) is 5.43 Å². The summed E-state index contributed by atoms with van der Waals surface area (Å²) in [6, 6.07) is 3.93. The molecule has 2 heterocycles. The van der Waals surface area contributed by atoms with Gasteiger partial charge < -0.3 is 4.42 Å². The molecule has 1 unspecified atom stereocenters. The molecule has 0 amide bonds. The lowest BCUT2D eigenvalue weighted by molar-refractivity contribution is 0.390. The van der Waals surface area contributed by atoms with E-state index in [4.69, 9.17) is 10.3 Å². The van der Waals surface area contributed by atoms with Crippen molar-refractivity contribution in [1.82, 2.24) is 15.2 Å². The highest BCUT2D eigenvalue weighted by Crippen LogP contribution is 2.28. The molecule has 1 atom stereocenters. The van der Waals surface area contributed by atoms with Gasteiger partial charge in [0.15, 0.2) is 0 Å². The minimum atomic E-state index is -0.0618. The number of furan rings is 1. The van der Waals surface area contributed by atoms with E-state index in [1.165, 1.54) is 0 Å². The first-order chi connectivity index (χ1) is 10.1. The lowest BCUT2D eigenvalue weighted by Gasteiger charge is -2.14. The first kappa shape index (κ1) is 16.3. The molecule has 3 N–H and O–H groups in total. The maximum absolute atomic E-state index is 5.82. The van der Waals surface area contributed by atoms with Gasteiger partial charge in [-0.1, -0.05) is 13.8 Å². The molecule has 0 radical (unpaired) electrons. The molecule has 0 saturated carbocycles. The van der Waals surface area contributed by atoms with Gasteiger partial charge in [-0.3, -0.25) is 10.5 Å². The fourth-order valence-corrected chi connectivity index (χ4v) is 3.15. The molecule has 2 rings (SSSR count). The average Bonchev–Trinajstić information content (AvgIpc) is 3.09. The average molecular weight is 355 g/mol. The third-order valence-electron chi connectivity index (χ3n) is 3.67. The zero-order valence-electron chi connectivity index (χ0n) is 12.8. The number of hydrogen-bond acceptors (Lipinski definition) is 4. The van der Waals surface area contributed by atoms with Crippen LogP contribution < -0.4 is 11.3 Å². The second-order valence-corrected chi connectivity index (χ2v) is 5.75. The summed E-state index contributed by atoms with van der Waals surface area (Å²) in [7, 11) is 0. The maximum Gasteiger partial charge on any atom is 0.122 e. The Morgan fingerprint density at radius 2 is 2.10 bits per heavy atom. The largest absolute Gasteiger partial charge is 0.464 e. The van der Waals surface area contributed by atoms with Gasteiger partial charge in [0.1, 0.15) is 11.5 Å².